The van der Waals surface area contributed by atoms with Crippen LogP contribution in [0.25, 0.3) is 11.1 Å². The van der Waals surface area contributed by atoms with E-state index in [9.17, 15) is 4.79 Å². The van der Waals surface area contributed by atoms with Crippen molar-refractivity contribution in [1.82, 2.24) is 9.88 Å². The van der Waals surface area contributed by atoms with Gasteiger partial charge in [-0.2, -0.15) is 0 Å². The number of hydrogen-bond donors (Lipinski definition) is 0. The second-order valence-corrected chi connectivity index (χ2v) is 8.06. The fraction of sp³-hybridized carbons (Fsp3) is 0.333. The minimum absolute atomic E-state index is 0.0487. The highest BCUT2D eigenvalue weighted by molar-refractivity contribution is 9.10. The first-order chi connectivity index (χ1) is 11.1. The number of benzene rings is 1. The minimum atomic E-state index is 0.0487. The molecule has 5 heteroatoms. The van der Waals surface area contributed by atoms with Crippen molar-refractivity contribution in [3.63, 3.8) is 0 Å². The fourth-order valence-corrected chi connectivity index (χ4v) is 4.44. The number of halogens is 1. The lowest BCUT2D eigenvalue weighted by molar-refractivity contribution is -0.128. The Bertz CT molecular complexity index is 720. The van der Waals surface area contributed by atoms with E-state index in [1.165, 1.54) is 0 Å². The van der Waals surface area contributed by atoms with E-state index < -0.39 is 0 Å². The van der Waals surface area contributed by atoms with Gasteiger partial charge >= 0.3 is 0 Å². The van der Waals surface area contributed by atoms with Crippen LogP contribution in [-0.4, -0.2) is 28.1 Å². The summed E-state index contributed by atoms with van der Waals surface area (Å²) < 4.78 is 1.05. The predicted molar refractivity (Wildman–Crippen MR) is 99.1 cm³/mol. The molecule has 1 aromatic carbocycles. The Morgan fingerprint density at radius 1 is 1.39 bits per heavy atom. The molecule has 1 unspecified atom stereocenters. The number of amides is 1. The SMILES string of the molecule is CC(C)CN1C(=O)CSC1c1cnccc1-c1cccc(Br)c1. The summed E-state index contributed by atoms with van der Waals surface area (Å²) in [7, 11) is 0. The normalized spacial score (nSPS) is 18.0. The van der Waals surface area contributed by atoms with Gasteiger partial charge in [0.2, 0.25) is 5.91 Å². The monoisotopic (exact) mass is 390 g/mol. The number of nitrogens with zero attached hydrogens (tertiary/aromatic N) is 2. The lowest BCUT2D eigenvalue weighted by atomic mass is 10.0. The molecule has 2 aromatic rings. The summed E-state index contributed by atoms with van der Waals surface area (Å²) in [6.45, 7) is 5.07. The molecule has 1 saturated heterocycles. The van der Waals surface area contributed by atoms with Crippen molar-refractivity contribution < 1.29 is 4.79 Å². The van der Waals surface area contributed by atoms with E-state index in [0.29, 0.717) is 11.7 Å². The van der Waals surface area contributed by atoms with Gasteiger partial charge in [0.05, 0.1) is 5.75 Å². The first kappa shape index (κ1) is 16.5. The molecule has 0 aliphatic carbocycles. The maximum absolute atomic E-state index is 12.3. The van der Waals surface area contributed by atoms with Crippen LogP contribution in [0.5, 0.6) is 0 Å². The highest BCUT2D eigenvalue weighted by Crippen LogP contribution is 2.42. The Morgan fingerprint density at radius 3 is 2.96 bits per heavy atom. The van der Waals surface area contributed by atoms with Gasteiger partial charge in [0.25, 0.3) is 0 Å². The van der Waals surface area contributed by atoms with Crippen molar-refractivity contribution in [2.75, 3.05) is 12.3 Å². The molecule has 2 heterocycles. The van der Waals surface area contributed by atoms with E-state index in [2.05, 4.69) is 46.9 Å². The van der Waals surface area contributed by atoms with E-state index in [-0.39, 0.29) is 11.3 Å². The van der Waals surface area contributed by atoms with Crippen molar-refractivity contribution in [3.8, 4) is 11.1 Å². The van der Waals surface area contributed by atoms with E-state index in [4.69, 9.17) is 0 Å². The van der Waals surface area contributed by atoms with Crippen LogP contribution in [-0.2, 0) is 4.79 Å². The maximum atomic E-state index is 12.3. The molecule has 120 valence electrons. The standard InChI is InChI=1S/C18H19BrN2OS/c1-12(2)10-21-17(22)11-23-18(21)16-9-20-7-6-15(16)13-4-3-5-14(19)8-13/h3-9,12,18H,10-11H2,1-2H3. The Kier molecular flexibility index (Phi) is 5.07. The quantitative estimate of drug-likeness (QED) is 0.755. The number of thioether (sulfide) groups is 1. The molecule has 1 aromatic heterocycles. The third-order valence-electron chi connectivity index (χ3n) is 3.78. The summed E-state index contributed by atoms with van der Waals surface area (Å²) in [5.41, 5.74) is 3.39. The molecular formula is C18H19BrN2OS. The largest absolute Gasteiger partial charge is 0.325 e. The van der Waals surface area contributed by atoms with Crippen LogP contribution >= 0.6 is 27.7 Å². The van der Waals surface area contributed by atoms with Gasteiger partial charge in [-0.1, -0.05) is 41.9 Å². The number of rotatable bonds is 4. The van der Waals surface area contributed by atoms with Gasteiger partial charge in [-0.05, 0) is 35.2 Å². The molecule has 0 radical (unpaired) electrons. The third kappa shape index (κ3) is 3.61. The van der Waals surface area contributed by atoms with Crippen LogP contribution in [0.4, 0.5) is 0 Å². The topological polar surface area (TPSA) is 33.2 Å². The number of aromatic nitrogens is 1. The van der Waals surface area contributed by atoms with Gasteiger partial charge in [-0.15, -0.1) is 11.8 Å². The summed E-state index contributed by atoms with van der Waals surface area (Å²) in [6, 6.07) is 10.3. The van der Waals surface area contributed by atoms with Crippen LogP contribution in [0.2, 0.25) is 0 Å². The molecule has 3 nitrogen and oxygen atoms in total. The molecule has 23 heavy (non-hydrogen) atoms. The lowest BCUT2D eigenvalue weighted by Crippen LogP contribution is -2.31. The molecule has 0 saturated carbocycles. The van der Waals surface area contributed by atoms with Crippen molar-refractivity contribution in [3.05, 3.63) is 52.8 Å². The lowest BCUT2D eigenvalue weighted by Gasteiger charge is -2.27. The van der Waals surface area contributed by atoms with Crippen molar-refractivity contribution in [2.45, 2.75) is 19.2 Å². The molecular weight excluding hydrogens is 372 g/mol. The Hall–Kier alpha value is -1.33. The van der Waals surface area contributed by atoms with Gasteiger partial charge in [-0.3, -0.25) is 9.78 Å². The average Bonchev–Trinajstić information content (AvgIpc) is 2.88. The maximum Gasteiger partial charge on any atom is 0.233 e. The molecule has 1 aliphatic heterocycles. The number of carbonyl (C=O) groups excluding carboxylic acids is 1. The Balaban J connectivity index is 2.02. The van der Waals surface area contributed by atoms with Crippen LogP contribution in [0, 0.1) is 5.92 Å². The first-order valence-corrected chi connectivity index (χ1v) is 9.51. The Labute approximate surface area is 149 Å². The van der Waals surface area contributed by atoms with Gasteiger partial charge in [0.15, 0.2) is 0 Å². The summed E-state index contributed by atoms with van der Waals surface area (Å²) in [5, 5.41) is 0.0487. The van der Waals surface area contributed by atoms with Crippen LogP contribution in [0.1, 0.15) is 24.8 Å². The average molecular weight is 391 g/mol. The van der Waals surface area contributed by atoms with Crippen molar-refractivity contribution >= 4 is 33.6 Å². The molecule has 1 amide bonds. The van der Waals surface area contributed by atoms with E-state index in [0.717, 1.165) is 27.7 Å². The minimum Gasteiger partial charge on any atom is -0.325 e. The number of hydrogen-bond acceptors (Lipinski definition) is 3. The smallest absolute Gasteiger partial charge is 0.233 e. The third-order valence-corrected chi connectivity index (χ3v) is 5.51. The van der Waals surface area contributed by atoms with Crippen LogP contribution < -0.4 is 0 Å². The molecule has 0 spiro atoms. The summed E-state index contributed by atoms with van der Waals surface area (Å²) in [5.74, 6) is 1.22. The molecule has 0 N–H and O–H groups in total. The molecule has 0 bridgehead atoms. The summed E-state index contributed by atoms with van der Waals surface area (Å²) in [4.78, 5) is 18.6. The van der Waals surface area contributed by atoms with Crippen molar-refractivity contribution in [1.29, 1.82) is 0 Å². The number of pyridine rings is 1. The highest BCUT2D eigenvalue weighted by Gasteiger charge is 2.34. The molecule has 1 fully saturated rings. The predicted octanol–water partition coefficient (Wildman–Crippen LogP) is 4.74. The van der Waals surface area contributed by atoms with Gasteiger partial charge < -0.3 is 4.90 Å². The first-order valence-electron chi connectivity index (χ1n) is 7.67. The zero-order valence-electron chi connectivity index (χ0n) is 13.2. The van der Waals surface area contributed by atoms with Gasteiger partial charge in [0, 0.05) is 29.0 Å². The van der Waals surface area contributed by atoms with E-state index in [1.807, 2.05) is 35.5 Å². The molecule has 3 rings (SSSR count). The zero-order valence-corrected chi connectivity index (χ0v) is 15.6. The molecule has 1 atom stereocenters. The second kappa shape index (κ2) is 7.05. The summed E-state index contributed by atoms with van der Waals surface area (Å²) in [6.07, 6.45) is 3.72. The van der Waals surface area contributed by atoms with E-state index >= 15 is 0 Å². The van der Waals surface area contributed by atoms with Crippen LogP contribution in [0.15, 0.2) is 47.2 Å². The second-order valence-electron chi connectivity index (χ2n) is 6.08. The fourth-order valence-electron chi connectivity index (χ4n) is 2.82. The Morgan fingerprint density at radius 2 is 2.22 bits per heavy atom. The highest BCUT2D eigenvalue weighted by atomic mass is 79.9. The van der Waals surface area contributed by atoms with Crippen molar-refractivity contribution in [2.24, 2.45) is 5.92 Å². The van der Waals surface area contributed by atoms with E-state index in [1.54, 1.807) is 11.8 Å². The van der Waals surface area contributed by atoms with Gasteiger partial charge in [0.1, 0.15) is 5.37 Å². The zero-order chi connectivity index (χ0) is 16.4. The number of carbonyl (C=O) groups is 1. The van der Waals surface area contributed by atoms with Gasteiger partial charge in [-0.25, -0.2) is 0 Å². The van der Waals surface area contributed by atoms with Crippen LogP contribution in [0.3, 0.4) is 0 Å². The summed E-state index contributed by atoms with van der Waals surface area (Å²) >= 11 is 5.23. The molecule has 1 aliphatic rings.